The first-order valence-electron chi connectivity index (χ1n) is 12.7. The molecule has 1 saturated heterocycles. The van der Waals surface area contributed by atoms with Gasteiger partial charge in [0.1, 0.15) is 5.82 Å². The highest BCUT2D eigenvalue weighted by Gasteiger charge is 2.41. The highest BCUT2D eigenvalue weighted by atomic mass is 31.0. The maximum absolute atomic E-state index is 14.8. The van der Waals surface area contributed by atoms with Crippen molar-refractivity contribution in [1.29, 1.82) is 0 Å². The maximum atomic E-state index is 14.8. The summed E-state index contributed by atoms with van der Waals surface area (Å²) in [6.07, 6.45) is 1.12. The van der Waals surface area contributed by atoms with E-state index in [4.69, 9.17) is 0 Å². The Morgan fingerprint density at radius 1 is 1.12 bits per heavy atom. The number of rotatable bonds is 6. The van der Waals surface area contributed by atoms with Crippen molar-refractivity contribution < 1.29 is 27.6 Å². The van der Waals surface area contributed by atoms with E-state index in [1.807, 2.05) is 6.07 Å². The molecule has 1 atom stereocenters. The van der Waals surface area contributed by atoms with Crippen molar-refractivity contribution in [3.8, 4) is 11.3 Å². The molecule has 0 radical (unpaired) electrons. The van der Waals surface area contributed by atoms with Gasteiger partial charge < -0.3 is 15.5 Å². The van der Waals surface area contributed by atoms with E-state index >= 15 is 0 Å². The highest BCUT2D eigenvalue weighted by Crippen LogP contribution is 2.29. The standard InChI is InChI=1S/C28H26F3N6O3P/c1-15-19(10-17(11-23(15)41)22-6-7-25-34-24(33-16(2)38)13-37(25)35-22)26(39)32-12-20-18(4-3-5-21(20)29)27(40)36-9-8-28(30,31)14-36/h3-7,10-11,13H,8-9,12,14,41H2,1-2H3,(H,32,39)(H,33,38). The van der Waals surface area contributed by atoms with Crippen molar-refractivity contribution in [2.24, 2.45) is 0 Å². The van der Waals surface area contributed by atoms with Gasteiger partial charge in [-0.1, -0.05) is 6.07 Å². The molecule has 3 amide bonds. The summed E-state index contributed by atoms with van der Waals surface area (Å²) in [5, 5.41) is 10.6. The van der Waals surface area contributed by atoms with E-state index in [1.165, 1.54) is 23.6 Å². The van der Waals surface area contributed by atoms with Gasteiger partial charge in [-0.3, -0.25) is 14.4 Å². The fraction of sp³-hybridized carbons (Fsp3) is 0.250. The number of halogens is 3. The Hall–Kier alpha value is -4.31. The smallest absolute Gasteiger partial charge is 0.267 e. The van der Waals surface area contributed by atoms with E-state index in [0.717, 1.165) is 16.3 Å². The van der Waals surface area contributed by atoms with Crippen molar-refractivity contribution in [1.82, 2.24) is 24.8 Å². The fourth-order valence-corrected chi connectivity index (χ4v) is 5.01. The van der Waals surface area contributed by atoms with Gasteiger partial charge in [0.05, 0.1) is 18.4 Å². The molecule has 9 nitrogen and oxygen atoms in total. The number of carbonyl (C=O) groups is 3. The van der Waals surface area contributed by atoms with Gasteiger partial charge in [0.2, 0.25) is 5.91 Å². The number of nitrogens with one attached hydrogen (secondary N) is 2. The average Bonchev–Trinajstić information content (AvgIpc) is 3.49. The highest BCUT2D eigenvalue weighted by molar-refractivity contribution is 7.27. The third kappa shape index (κ3) is 5.92. The second-order valence-electron chi connectivity index (χ2n) is 9.85. The zero-order chi connectivity index (χ0) is 29.5. The molecule has 0 spiro atoms. The molecule has 0 bridgehead atoms. The summed E-state index contributed by atoms with van der Waals surface area (Å²) in [5.41, 5.74) is 2.49. The number of hydrogen-bond donors (Lipinski definition) is 2. The Kier molecular flexibility index (Phi) is 7.52. The molecule has 2 aromatic heterocycles. The maximum Gasteiger partial charge on any atom is 0.267 e. The number of amides is 3. The van der Waals surface area contributed by atoms with Crippen molar-refractivity contribution >= 4 is 43.7 Å². The largest absolute Gasteiger partial charge is 0.348 e. The number of aromatic nitrogens is 3. The van der Waals surface area contributed by atoms with Crippen LogP contribution in [0.1, 0.15) is 45.2 Å². The zero-order valence-electron chi connectivity index (χ0n) is 22.2. The van der Waals surface area contributed by atoms with E-state index in [2.05, 4.69) is 30.0 Å². The van der Waals surface area contributed by atoms with E-state index in [-0.39, 0.29) is 30.1 Å². The number of hydrogen-bond acceptors (Lipinski definition) is 5. The normalized spacial score (nSPS) is 14.3. The molecular formula is C28H26F3N6O3P. The van der Waals surface area contributed by atoms with Crippen LogP contribution in [-0.2, 0) is 11.3 Å². The molecule has 1 aliphatic heterocycles. The van der Waals surface area contributed by atoms with Gasteiger partial charge in [-0.2, -0.15) is 5.10 Å². The van der Waals surface area contributed by atoms with Gasteiger partial charge in [0.25, 0.3) is 17.7 Å². The van der Waals surface area contributed by atoms with E-state index in [0.29, 0.717) is 33.8 Å². The number of nitrogens with zero attached hydrogens (tertiary/aromatic N) is 4. The first-order chi connectivity index (χ1) is 19.4. The van der Waals surface area contributed by atoms with Gasteiger partial charge in [-0.05, 0) is 54.2 Å². The molecule has 1 fully saturated rings. The lowest BCUT2D eigenvalue weighted by Gasteiger charge is -2.19. The number of carbonyl (C=O) groups excluding carboxylic acids is 3. The summed E-state index contributed by atoms with van der Waals surface area (Å²) in [6.45, 7) is 1.95. The second-order valence-corrected chi connectivity index (χ2v) is 10.5. The van der Waals surface area contributed by atoms with E-state index < -0.39 is 36.5 Å². The zero-order valence-corrected chi connectivity index (χ0v) is 23.3. The SMILES string of the molecule is CC(=O)Nc1cn2nc(-c3cc(P)c(C)c(C(=O)NCc4c(F)cccc4C(=O)N4CCC(F)(F)C4)c3)ccc2n1. The van der Waals surface area contributed by atoms with Crippen molar-refractivity contribution in [3.63, 3.8) is 0 Å². The van der Waals surface area contributed by atoms with Gasteiger partial charge in [-0.15, -0.1) is 9.24 Å². The van der Waals surface area contributed by atoms with Gasteiger partial charge in [0, 0.05) is 48.7 Å². The lowest BCUT2D eigenvalue weighted by atomic mass is 10.0. The Balaban J connectivity index is 1.39. The van der Waals surface area contributed by atoms with Gasteiger partial charge in [-0.25, -0.2) is 22.7 Å². The second kappa shape index (κ2) is 10.9. The van der Waals surface area contributed by atoms with Gasteiger partial charge >= 0.3 is 0 Å². The van der Waals surface area contributed by atoms with Gasteiger partial charge in [0.15, 0.2) is 11.5 Å². The molecule has 41 heavy (non-hydrogen) atoms. The monoisotopic (exact) mass is 582 g/mol. The predicted molar refractivity (Wildman–Crippen MR) is 150 cm³/mol. The number of benzene rings is 2. The molecule has 1 aliphatic rings. The van der Waals surface area contributed by atoms with E-state index in [1.54, 1.807) is 31.3 Å². The van der Waals surface area contributed by atoms with Crippen LogP contribution in [0.5, 0.6) is 0 Å². The molecule has 0 aliphatic carbocycles. The quantitative estimate of drug-likeness (QED) is 0.337. The van der Waals surface area contributed by atoms with Crippen molar-refractivity contribution in [2.45, 2.75) is 32.7 Å². The predicted octanol–water partition coefficient (Wildman–Crippen LogP) is 3.71. The fourth-order valence-electron chi connectivity index (χ4n) is 4.68. The van der Waals surface area contributed by atoms with Crippen LogP contribution in [0.2, 0.25) is 0 Å². The molecule has 4 aromatic rings. The summed E-state index contributed by atoms with van der Waals surface area (Å²) in [5.74, 6) is -4.85. The summed E-state index contributed by atoms with van der Waals surface area (Å²) >= 11 is 0. The molecule has 2 aromatic carbocycles. The van der Waals surface area contributed by atoms with Crippen LogP contribution in [0, 0.1) is 12.7 Å². The lowest BCUT2D eigenvalue weighted by molar-refractivity contribution is -0.114. The van der Waals surface area contributed by atoms with Crippen LogP contribution in [0.15, 0.2) is 48.7 Å². The minimum atomic E-state index is -2.99. The Bertz CT molecular complexity index is 1710. The minimum Gasteiger partial charge on any atom is -0.348 e. The minimum absolute atomic E-state index is 0.0725. The first-order valence-corrected chi connectivity index (χ1v) is 13.3. The van der Waals surface area contributed by atoms with Crippen LogP contribution in [0.3, 0.4) is 0 Å². The molecule has 13 heteroatoms. The first kappa shape index (κ1) is 28.2. The third-order valence-corrected chi connectivity index (χ3v) is 7.44. The number of imidazole rings is 1. The molecule has 3 heterocycles. The van der Waals surface area contributed by atoms with Crippen LogP contribution in [-0.4, -0.2) is 56.2 Å². The average molecular weight is 583 g/mol. The van der Waals surface area contributed by atoms with Crippen molar-refractivity contribution in [2.75, 3.05) is 18.4 Å². The van der Waals surface area contributed by atoms with Crippen LogP contribution >= 0.6 is 9.24 Å². The number of anilines is 1. The Labute approximate surface area is 235 Å². The van der Waals surface area contributed by atoms with Crippen LogP contribution in [0.4, 0.5) is 19.0 Å². The number of alkyl halides is 2. The van der Waals surface area contributed by atoms with E-state index in [9.17, 15) is 27.6 Å². The number of fused-ring (bicyclic) bond motifs is 1. The molecule has 0 saturated carbocycles. The molecule has 1 unspecified atom stereocenters. The Morgan fingerprint density at radius 3 is 2.61 bits per heavy atom. The third-order valence-electron chi connectivity index (χ3n) is 6.84. The molecule has 5 rings (SSSR count). The number of likely N-dealkylation sites (tertiary alicyclic amines) is 1. The summed E-state index contributed by atoms with van der Waals surface area (Å²) in [7, 11) is 2.57. The summed E-state index contributed by atoms with van der Waals surface area (Å²) < 4.78 is 43.7. The lowest BCUT2D eigenvalue weighted by Crippen LogP contribution is -2.33. The molecule has 2 N–H and O–H groups in total. The molecule has 212 valence electrons. The van der Waals surface area contributed by atoms with Crippen LogP contribution in [0.25, 0.3) is 16.9 Å². The van der Waals surface area contributed by atoms with Crippen LogP contribution < -0.4 is 15.9 Å². The van der Waals surface area contributed by atoms with Crippen molar-refractivity contribution in [3.05, 3.63) is 76.7 Å². The Morgan fingerprint density at radius 2 is 1.90 bits per heavy atom. The summed E-state index contributed by atoms with van der Waals surface area (Å²) in [6, 6.07) is 10.8. The summed E-state index contributed by atoms with van der Waals surface area (Å²) in [4.78, 5) is 42.9. The molecular weight excluding hydrogens is 556 g/mol. The topological polar surface area (TPSA) is 109 Å².